The van der Waals surface area contributed by atoms with Gasteiger partial charge in [-0.3, -0.25) is 4.79 Å². The van der Waals surface area contributed by atoms with Crippen molar-refractivity contribution in [3.63, 3.8) is 0 Å². The standard InChI is InChI=1S/C15H19BrFNO3S2/c1-2-18(13-5-6-23(20,21)10-13)15(19)9-22-8-11-3-4-12(17)7-14(11)16/h3-4,7,13H,2,5-6,8-10H2,1H3. The summed E-state index contributed by atoms with van der Waals surface area (Å²) in [4.78, 5) is 14.0. The monoisotopic (exact) mass is 423 g/mol. The van der Waals surface area contributed by atoms with Crippen LogP contribution in [0, 0.1) is 5.82 Å². The van der Waals surface area contributed by atoms with Crippen LogP contribution in [0.2, 0.25) is 0 Å². The smallest absolute Gasteiger partial charge is 0.232 e. The van der Waals surface area contributed by atoms with Gasteiger partial charge in [0.15, 0.2) is 9.84 Å². The fraction of sp³-hybridized carbons (Fsp3) is 0.533. The van der Waals surface area contributed by atoms with Crippen LogP contribution in [-0.2, 0) is 20.4 Å². The van der Waals surface area contributed by atoms with E-state index in [-0.39, 0.29) is 35.0 Å². The molecule has 1 aliphatic heterocycles. The minimum Gasteiger partial charge on any atom is -0.338 e. The Kier molecular flexibility index (Phi) is 6.50. The topological polar surface area (TPSA) is 54.5 Å². The summed E-state index contributed by atoms with van der Waals surface area (Å²) in [7, 11) is -3.00. The first-order valence-corrected chi connectivity index (χ1v) is 11.1. The maximum atomic E-state index is 13.0. The minimum absolute atomic E-state index is 0.0437. The maximum absolute atomic E-state index is 13.0. The van der Waals surface area contributed by atoms with E-state index in [4.69, 9.17) is 0 Å². The molecular formula is C15H19BrFNO3S2. The molecule has 2 rings (SSSR count). The molecule has 1 fully saturated rings. The summed E-state index contributed by atoms with van der Waals surface area (Å²) in [5.74, 6) is 0.762. The first kappa shape index (κ1) is 18.7. The molecule has 1 saturated heterocycles. The predicted molar refractivity (Wildman–Crippen MR) is 94.7 cm³/mol. The molecule has 0 spiro atoms. The van der Waals surface area contributed by atoms with Crippen LogP contribution in [0.25, 0.3) is 0 Å². The quantitative estimate of drug-likeness (QED) is 0.705. The van der Waals surface area contributed by atoms with Gasteiger partial charge in [-0.1, -0.05) is 22.0 Å². The normalized spacial score (nSPS) is 19.7. The molecule has 0 N–H and O–H groups in total. The first-order valence-electron chi connectivity index (χ1n) is 7.34. The maximum Gasteiger partial charge on any atom is 0.232 e. The number of carbonyl (C=O) groups excluding carboxylic acids is 1. The van der Waals surface area contributed by atoms with Crippen molar-refractivity contribution in [2.75, 3.05) is 23.8 Å². The Labute approximate surface area is 148 Å². The van der Waals surface area contributed by atoms with Gasteiger partial charge in [0, 0.05) is 22.8 Å². The van der Waals surface area contributed by atoms with Crippen LogP contribution in [-0.4, -0.2) is 49.1 Å². The van der Waals surface area contributed by atoms with Gasteiger partial charge < -0.3 is 4.90 Å². The summed E-state index contributed by atoms with van der Waals surface area (Å²) in [5, 5.41) is 0. The van der Waals surface area contributed by atoms with Gasteiger partial charge in [0.25, 0.3) is 0 Å². The highest BCUT2D eigenvalue weighted by molar-refractivity contribution is 9.10. The number of hydrogen-bond donors (Lipinski definition) is 0. The summed E-state index contributed by atoms with van der Waals surface area (Å²) in [6.07, 6.45) is 0.524. The highest BCUT2D eigenvalue weighted by Crippen LogP contribution is 2.24. The molecule has 1 amide bonds. The fourth-order valence-corrected chi connectivity index (χ4v) is 5.95. The van der Waals surface area contributed by atoms with E-state index in [2.05, 4.69) is 15.9 Å². The van der Waals surface area contributed by atoms with Crippen LogP contribution < -0.4 is 0 Å². The second-order valence-corrected chi connectivity index (χ2v) is 9.53. The Bertz CT molecular complexity index is 681. The van der Waals surface area contributed by atoms with Crippen molar-refractivity contribution in [2.45, 2.75) is 25.1 Å². The SMILES string of the molecule is CCN(C(=O)CSCc1ccc(F)cc1Br)C1CCS(=O)(=O)C1. The highest BCUT2D eigenvalue weighted by Gasteiger charge is 2.33. The Hall–Kier alpha value is -0.600. The zero-order chi connectivity index (χ0) is 17.0. The van der Waals surface area contributed by atoms with E-state index in [1.807, 2.05) is 6.92 Å². The number of amides is 1. The van der Waals surface area contributed by atoms with E-state index in [9.17, 15) is 17.6 Å². The van der Waals surface area contributed by atoms with E-state index in [0.717, 1.165) is 5.56 Å². The molecule has 1 atom stereocenters. The number of hydrogen-bond acceptors (Lipinski definition) is 4. The van der Waals surface area contributed by atoms with Gasteiger partial charge in [-0.2, -0.15) is 0 Å². The number of thioether (sulfide) groups is 1. The van der Waals surface area contributed by atoms with Crippen molar-refractivity contribution in [3.8, 4) is 0 Å². The summed E-state index contributed by atoms with van der Waals surface area (Å²) in [5.41, 5.74) is 0.927. The molecule has 0 aliphatic carbocycles. The lowest BCUT2D eigenvalue weighted by Crippen LogP contribution is -2.41. The summed E-state index contributed by atoms with van der Waals surface area (Å²) >= 11 is 4.75. The number of benzene rings is 1. The van der Waals surface area contributed by atoms with E-state index in [1.54, 1.807) is 11.0 Å². The van der Waals surface area contributed by atoms with E-state index in [0.29, 0.717) is 23.2 Å². The average Bonchev–Trinajstić information content (AvgIpc) is 2.82. The fourth-order valence-electron chi connectivity index (χ4n) is 2.63. The van der Waals surface area contributed by atoms with Crippen molar-refractivity contribution in [1.82, 2.24) is 4.90 Å². The van der Waals surface area contributed by atoms with E-state index in [1.165, 1.54) is 23.9 Å². The van der Waals surface area contributed by atoms with E-state index < -0.39 is 9.84 Å². The lowest BCUT2D eigenvalue weighted by molar-refractivity contribution is -0.129. The number of rotatable bonds is 6. The van der Waals surface area contributed by atoms with Crippen molar-refractivity contribution >= 4 is 43.4 Å². The average molecular weight is 424 g/mol. The molecule has 1 aliphatic rings. The molecule has 23 heavy (non-hydrogen) atoms. The van der Waals surface area contributed by atoms with E-state index >= 15 is 0 Å². The van der Waals surface area contributed by atoms with Crippen LogP contribution in [0.5, 0.6) is 0 Å². The summed E-state index contributed by atoms with van der Waals surface area (Å²) in [6, 6.07) is 4.29. The summed E-state index contributed by atoms with van der Waals surface area (Å²) < 4.78 is 36.9. The molecule has 1 aromatic rings. The molecule has 1 heterocycles. The first-order chi connectivity index (χ1) is 10.8. The second-order valence-electron chi connectivity index (χ2n) is 5.47. The van der Waals surface area contributed by atoms with Gasteiger partial charge in [-0.15, -0.1) is 11.8 Å². The highest BCUT2D eigenvalue weighted by atomic mass is 79.9. The molecule has 1 aromatic carbocycles. The zero-order valence-electron chi connectivity index (χ0n) is 12.8. The predicted octanol–water partition coefficient (Wildman–Crippen LogP) is 2.86. The van der Waals surface area contributed by atoms with Crippen molar-refractivity contribution in [2.24, 2.45) is 0 Å². The number of carbonyl (C=O) groups is 1. The third-order valence-electron chi connectivity index (χ3n) is 3.81. The molecule has 0 saturated carbocycles. The lowest BCUT2D eigenvalue weighted by atomic mass is 10.2. The molecule has 4 nitrogen and oxygen atoms in total. The number of halogens is 2. The van der Waals surface area contributed by atoms with Gasteiger partial charge in [0.2, 0.25) is 5.91 Å². The third kappa shape index (κ3) is 5.19. The summed E-state index contributed by atoms with van der Waals surface area (Å²) in [6.45, 7) is 2.38. The minimum atomic E-state index is -3.00. The number of nitrogens with zero attached hydrogens (tertiary/aromatic N) is 1. The zero-order valence-corrected chi connectivity index (χ0v) is 16.0. The molecular weight excluding hydrogens is 405 g/mol. The van der Waals surface area contributed by atoms with Crippen LogP contribution in [0.4, 0.5) is 4.39 Å². The van der Waals surface area contributed by atoms with Gasteiger partial charge in [-0.05, 0) is 31.0 Å². The Balaban J connectivity index is 1.88. The van der Waals surface area contributed by atoms with Crippen LogP contribution in [0.15, 0.2) is 22.7 Å². The molecule has 0 aromatic heterocycles. The molecule has 0 bridgehead atoms. The van der Waals surface area contributed by atoms with Crippen LogP contribution in [0.1, 0.15) is 18.9 Å². The Morgan fingerprint density at radius 3 is 2.78 bits per heavy atom. The van der Waals surface area contributed by atoms with Crippen molar-refractivity contribution < 1.29 is 17.6 Å². The molecule has 8 heteroatoms. The van der Waals surface area contributed by atoms with Crippen molar-refractivity contribution in [1.29, 1.82) is 0 Å². The van der Waals surface area contributed by atoms with Gasteiger partial charge >= 0.3 is 0 Å². The van der Waals surface area contributed by atoms with Crippen LogP contribution >= 0.6 is 27.7 Å². The third-order valence-corrected chi connectivity index (χ3v) is 7.26. The van der Waals surface area contributed by atoms with Gasteiger partial charge in [-0.25, -0.2) is 12.8 Å². The molecule has 128 valence electrons. The Morgan fingerprint density at radius 2 is 2.22 bits per heavy atom. The van der Waals surface area contributed by atoms with Crippen molar-refractivity contribution in [3.05, 3.63) is 34.1 Å². The van der Waals surface area contributed by atoms with Gasteiger partial charge in [0.05, 0.1) is 17.3 Å². The molecule has 0 radical (unpaired) electrons. The van der Waals surface area contributed by atoms with Crippen LogP contribution in [0.3, 0.4) is 0 Å². The van der Waals surface area contributed by atoms with Gasteiger partial charge in [0.1, 0.15) is 5.82 Å². The largest absolute Gasteiger partial charge is 0.338 e. The molecule has 1 unspecified atom stereocenters. The second kappa shape index (κ2) is 7.98. The lowest BCUT2D eigenvalue weighted by Gasteiger charge is -2.26. The Morgan fingerprint density at radius 1 is 1.48 bits per heavy atom. The number of sulfone groups is 1.